The van der Waals surface area contributed by atoms with Gasteiger partial charge in [0.15, 0.2) is 0 Å². The summed E-state index contributed by atoms with van der Waals surface area (Å²) in [6, 6.07) is 1.71. The molecular weight excluding hydrogens is 193 g/mol. The summed E-state index contributed by atoms with van der Waals surface area (Å²) in [5.41, 5.74) is 0.872. The smallest absolute Gasteiger partial charge is 0.359 e. The van der Waals surface area contributed by atoms with Gasteiger partial charge in [0, 0.05) is 6.20 Å². The Bertz CT molecular complexity index is 309. The van der Waals surface area contributed by atoms with Crippen LogP contribution in [0.4, 0.5) is 19.0 Å². The van der Waals surface area contributed by atoms with Gasteiger partial charge in [-0.15, -0.1) is 0 Å². The summed E-state index contributed by atoms with van der Waals surface area (Å²) in [6.45, 7) is 2.86. The lowest BCUT2D eigenvalue weighted by Crippen LogP contribution is -2.33. The van der Waals surface area contributed by atoms with Gasteiger partial charge in [-0.05, 0) is 31.5 Å². The highest BCUT2D eigenvalue weighted by Gasteiger charge is 2.36. The molecule has 1 atom stereocenters. The first-order valence-electron chi connectivity index (χ1n) is 4.15. The Morgan fingerprint density at radius 1 is 1.43 bits per heavy atom. The maximum atomic E-state index is 12.1. The normalized spacial score (nSPS) is 13.8. The number of rotatable bonds is 2. The van der Waals surface area contributed by atoms with Crippen LogP contribution in [-0.2, 0) is 0 Å². The molecular formula is C9H11F3N2. The second-order valence-electron chi connectivity index (χ2n) is 3.13. The zero-order valence-electron chi connectivity index (χ0n) is 7.89. The topological polar surface area (TPSA) is 24.9 Å². The average Bonchev–Trinajstić information content (AvgIpc) is 2.02. The van der Waals surface area contributed by atoms with E-state index in [1.165, 1.54) is 6.20 Å². The van der Waals surface area contributed by atoms with Crippen molar-refractivity contribution in [1.82, 2.24) is 4.98 Å². The van der Waals surface area contributed by atoms with E-state index >= 15 is 0 Å². The molecule has 1 heterocycles. The van der Waals surface area contributed by atoms with E-state index < -0.39 is 12.2 Å². The molecule has 0 aromatic carbocycles. The number of hydrogen-bond acceptors (Lipinski definition) is 2. The number of halogens is 3. The van der Waals surface area contributed by atoms with Crippen molar-refractivity contribution in [2.24, 2.45) is 0 Å². The third-order valence-electron chi connectivity index (χ3n) is 1.77. The number of nitrogens with one attached hydrogen (secondary N) is 1. The van der Waals surface area contributed by atoms with Crippen molar-refractivity contribution in [2.75, 3.05) is 5.32 Å². The Morgan fingerprint density at radius 2 is 2.07 bits per heavy atom. The van der Waals surface area contributed by atoms with Crippen LogP contribution in [0.25, 0.3) is 0 Å². The largest absolute Gasteiger partial charge is 0.408 e. The van der Waals surface area contributed by atoms with Gasteiger partial charge in [0.2, 0.25) is 0 Å². The summed E-state index contributed by atoms with van der Waals surface area (Å²) < 4.78 is 36.4. The Hall–Kier alpha value is -1.26. The van der Waals surface area contributed by atoms with E-state index in [1.54, 1.807) is 19.1 Å². The number of pyridine rings is 1. The van der Waals surface area contributed by atoms with E-state index in [0.29, 0.717) is 0 Å². The Morgan fingerprint density at radius 3 is 2.57 bits per heavy atom. The lowest BCUT2D eigenvalue weighted by molar-refractivity contribution is -0.138. The van der Waals surface area contributed by atoms with Gasteiger partial charge in [-0.2, -0.15) is 13.2 Å². The van der Waals surface area contributed by atoms with Gasteiger partial charge in [-0.1, -0.05) is 0 Å². The number of alkyl halides is 3. The van der Waals surface area contributed by atoms with E-state index in [9.17, 15) is 13.2 Å². The first kappa shape index (κ1) is 10.8. The number of aryl methyl sites for hydroxylation is 1. The highest BCUT2D eigenvalue weighted by Crippen LogP contribution is 2.22. The number of aromatic nitrogens is 1. The number of nitrogens with zero attached hydrogens (tertiary/aromatic N) is 1. The van der Waals surface area contributed by atoms with Crippen molar-refractivity contribution < 1.29 is 13.2 Å². The highest BCUT2D eigenvalue weighted by molar-refractivity contribution is 5.38. The molecule has 0 amide bonds. The van der Waals surface area contributed by atoms with Gasteiger partial charge in [0.1, 0.15) is 11.9 Å². The van der Waals surface area contributed by atoms with Crippen molar-refractivity contribution in [3.63, 3.8) is 0 Å². The number of anilines is 1. The monoisotopic (exact) mass is 204 g/mol. The molecule has 14 heavy (non-hydrogen) atoms. The van der Waals surface area contributed by atoms with Crippen molar-refractivity contribution in [3.8, 4) is 0 Å². The van der Waals surface area contributed by atoms with Crippen LogP contribution in [0.5, 0.6) is 0 Å². The Labute approximate surface area is 80.2 Å². The summed E-state index contributed by atoms with van der Waals surface area (Å²) in [6.07, 6.45) is -2.77. The molecule has 0 aliphatic rings. The Balaban J connectivity index is 2.70. The van der Waals surface area contributed by atoms with Crippen LogP contribution in [0.15, 0.2) is 18.3 Å². The van der Waals surface area contributed by atoms with E-state index in [1.807, 2.05) is 0 Å². The second kappa shape index (κ2) is 3.86. The fourth-order valence-corrected chi connectivity index (χ4v) is 0.919. The molecule has 78 valence electrons. The third-order valence-corrected chi connectivity index (χ3v) is 1.77. The van der Waals surface area contributed by atoms with Crippen LogP contribution in [0.1, 0.15) is 12.5 Å². The molecule has 0 saturated carbocycles. The molecule has 1 unspecified atom stereocenters. The minimum absolute atomic E-state index is 0.245. The summed E-state index contributed by atoms with van der Waals surface area (Å²) in [5, 5.41) is 2.29. The molecule has 0 aliphatic heterocycles. The van der Waals surface area contributed by atoms with E-state index in [4.69, 9.17) is 0 Å². The van der Waals surface area contributed by atoms with Crippen molar-refractivity contribution in [2.45, 2.75) is 26.1 Å². The van der Waals surface area contributed by atoms with Gasteiger partial charge >= 0.3 is 6.18 Å². The van der Waals surface area contributed by atoms with Gasteiger partial charge in [0.25, 0.3) is 0 Å². The van der Waals surface area contributed by atoms with Gasteiger partial charge < -0.3 is 5.32 Å². The fraction of sp³-hybridized carbons (Fsp3) is 0.444. The zero-order valence-corrected chi connectivity index (χ0v) is 7.89. The van der Waals surface area contributed by atoms with E-state index in [2.05, 4.69) is 10.3 Å². The van der Waals surface area contributed by atoms with Crippen molar-refractivity contribution >= 4 is 5.82 Å². The molecule has 5 heteroatoms. The molecule has 1 aromatic heterocycles. The summed E-state index contributed by atoms with van der Waals surface area (Å²) in [5.74, 6) is 0.245. The van der Waals surface area contributed by atoms with Crippen LogP contribution in [0.2, 0.25) is 0 Å². The van der Waals surface area contributed by atoms with Crippen LogP contribution in [0, 0.1) is 6.92 Å². The molecule has 1 N–H and O–H groups in total. The average molecular weight is 204 g/mol. The van der Waals surface area contributed by atoms with Gasteiger partial charge in [-0.3, -0.25) is 0 Å². The minimum Gasteiger partial charge on any atom is -0.359 e. The predicted molar refractivity (Wildman–Crippen MR) is 48.1 cm³/mol. The zero-order chi connectivity index (χ0) is 10.8. The minimum atomic E-state index is -4.24. The molecule has 0 radical (unpaired) electrons. The maximum Gasteiger partial charge on any atom is 0.408 e. The number of hydrogen-bond donors (Lipinski definition) is 1. The van der Waals surface area contributed by atoms with Crippen LogP contribution < -0.4 is 5.32 Å². The third kappa shape index (κ3) is 2.90. The van der Waals surface area contributed by atoms with E-state index in [0.717, 1.165) is 12.5 Å². The predicted octanol–water partition coefficient (Wildman–Crippen LogP) is 2.75. The SMILES string of the molecule is Cc1ccnc(NC(C)C(F)(F)F)c1. The quantitative estimate of drug-likeness (QED) is 0.801. The Kier molecular flexibility index (Phi) is 2.98. The van der Waals surface area contributed by atoms with Crippen molar-refractivity contribution in [3.05, 3.63) is 23.9 Å². The lowest BCUT2D eigenvalue weighted by atomic mass is 10.3. The molecule has 0 saturated heterocycles. The summed E-state index contributed by atoms with van der Waals surface area (Å²) in [4.78, 5) is 3.78. The van der Waals surface area contributed by atoms with Crippen LogP contribution >= 0.6 is 0 Å². The van der Waals surface area contributed by atoms with Crippen molar-refractivity contribution in [1.29, 1.82) is 0 Å². The maximum absolute atomic E-state index is 12.1. The van der Waals surface area contributed by atoms with Crippen LogP contribution in [0.3, 0.4) is 0 Å². The molecule has 1 rings (SSSR count). The molecule has 0 aliphatic carbocycles. The standard InChI is InChI=1S/C9H11F3N2/c1-6-3-4-13-8(5-6)14-7(2)9(10,11)12/h3-5,7H,1-2H3,(H,13,14). The molecule has 0 bridgehead atoms. The van der Waals surface area contributed by atoms with Gasteiger partial charge in [-0.25, -0.2) is 4.98 Å². The molecule has 0 fully saturated rings. The van der Waals surface area contributed by atoms with Gasteiger partial charge in [0.05, 0.1) is 0 Å². The molecule has 2 nitrogen and oxygen atoms in total. The highest BCUT2D eigenvalue weighted by atomic mass is 19.4. The second-order valence-corrected chi connectivity index (χ2v) is 3.13. The molecule has 1 aromatic rings. The van der Waals surface area contributed by atoms with E-state index in [-0.39, 0.29) is 5.82 Å². The lowest BCUT2D eigenvalue weighted by Gasteiger charge is -2.17. The molecule has 0 spiro atoms. The first-order chi connectivity index (χ1) is 6.39. The first-order valence-corrected chi connectivity index (χ1v) is 4.15. The summed E-state index contributed by atoms with van der Waals surface area (Å²) >= 11 is 0. The van der Waals surface area contributed by atoms with Crippen LogP contribution in [-0.4, -0.2) is 17.2 Å². The fourth-order valence-electron chi connectivity index (χ4n) is 0.919. The summed E-state index contributed by atoms with van der Waals surface area (Å²) in [7, 11) is 0.